The molecule has 0 bridgehead atoms. The van der Waals surface area contributed by atoms with Gasteiger partial charge in [-0.15, -0.1) is 0 Å². The van der Waals surface area contributed by atoms with E-state index in [9.17, 15) is 13.2 Å². The normalized spacial score (nSPS) is 20.0. The lowest BCUT2D eigenvalue weighted by molar-refractivity contribution is 0.0793. The van der Waals surface area contributed by atoms with E-state index in [-0.39, 0.29) is 17.9 Å². The minimum Gasteiger partial charge on any atom is -0.446 e. The molecule has 1 amide bonds. The molecule has 3 rings (SSSR count). The Kier molecular flexibility index (Phi) is 6.47. The van der Waals surface area contributed by atoms with Gasteiger partial charge in [-0.3, -0.25) is 5.32 Å². The molecule has 6 nitrogen and oxygen atoms in total. The van der Waals surface area contributed by atoms with Gasteiger partial charge in [0.1, 0.15) is 6.10 Å². The Morgan fingerprint density at radius 1 is 1.00 bits per heavy atom. The van der Waals surface area contributed by atoms with Gasteiger partial charge >= 0.3 is 6.09 Å². The zero-order valence-corrected chi connectivity index (χ0v) is 15.8. The van der Waals surface area contributed by atoms with Crippen LogP contribution in [0.5, 0.6) is 0 Å². The number of carbonyl (C=O) groups is 1. The first kappa shape index (κ1) is 19.4. The molecule has 0 spiro atoms. The molecule has 27 heavy (non-hydrogen) atoms. The molecule has 0 unspecified atom stereocenters. The number of hydrogen-bond acceptors (Lipinski definition) is 4. The first-order valence-electron chi connectivity index (χ1n) is 9.07. The van der Waals surface area contributed by atoms with Crippen LogP contribution in [0.2, 0.25) is 0 Å². The van der Waals surface area contributed by atoms with Crippen LogP contribution in [-0.4, -0.2) is 26.7 Å². The highest BCUT2D eigenvalue weighted by atomic mass is 32.2. The van der Waals surface area contributed by atoms with Crippen LogP contribution in [0.3, 0.4) is 0 Å². The number of rotatable bonds is 6. The third-order valence-corrected chi connectivity index (χ3v) is 5.87. The van der Waals surface area contributed by atoms with E-state index in [0.717, 1.165) is 24.8 Å². The summed E-state index contributed by atoms with van der Waals surface area (Å²) < 4.78 is 33.0. The summed E-state index contributed by atoms with van der Waals surface area (Å²) in [5.74, 6) is -0.0512. The number of nitrogens with one attached hydrogen (secondary N) is 2. The van der Waals surface area contributed by atoms with Crippen LogP contribution in [0.15, 0.2) is 60.7 Å². The van der Waals surface area contributed by atoms with Gasteiger partial charge < -0.3 is 4.74 Å². The molecule has 7 heteroatoms. The zero-order valence-electron chi connectivity index (χ0n) is 15.0. The molecular formula is C20H24N2O4S. The van der Waals surface area contributed by atoms with E-state index in [1.54, 1.807) is 24.3 Å². The fourth-order valence-corrected chi connectivity index (χ4v) is 4.71. The molecule has 1 aliphatic carbocycles. The van der Waals surface area contributed by atoms with Gasteiger partial charge in [0.05, 0.1) is 5.75 Å². The van der Waals surface area contributed by atoms with E-state index in [4.69, 9.17) is 4.74 Å². The van der Waals surface area contributed by atoms with Gasteiger partial charge in [-0.1, -0.05) is 48.5 Å². The molecule has 1 aliphatic rings. The Balaban J connectivity index is 1.50. The van der Waals surface area contributed by atoms with Crippen LogP contribution in [0, 0.1) is 0 Å². The SMILES string of the molecule is O=C(Nc1ccccc1)O[C@@H]1CCC[C@H](NS(=O)(=O)Cc2ccccc2)C1. The molecule has 0 saturated heterocycles. The predicted molar refractivity (Wildman–Crippen MR) is 105 cm³/mol. The number of hydrogen-bond donors (Lipinski definition) is 2. The maximum atomic E-state index is 12.4. The fraction of sp³-hybridized carbons (Fsp3) is 0.350. The van der Waals surface area contributed by atoms with Crippen molar-refractivity contribution in [3.05, 3.63) is 66.2 Å². The van der Waals surface area contributed by atoms with E-state index in [0.29, 0.717) is 12.1 Å². The van der Waals surface area contributed by atoms with E-state index in [1.165, 1.54) is 0 Å². The highest BCUT2D eigenvalue weighted by molar-refractivity contribution is 7.88. The molecule has 2 N–H and O–H groups in total. The van der Waals surface area contributed by atoms with Crippen molar-refractivity contribution in [2.24, 2.45) is 0 Å². The van der Waals surface area contributed by atoms with E-state index in [1.807, 2.05) is 36.4 Å². The second-order valence-electron chi connectivity index (χ2n) is 6.74. The van der Waals surface area contributed by atoms with Gasteiger partial charge in [-0.05, 0) is 37.0 Å². The molecule has 2 atom stereocenters. The minimum absolute atomic E-state index is 0.0512. The Hall–Kier alpha value is -2.38. The van der Waals surface area contributed by atoms with Gasteiger partial charge in [0.25, 0.3) is 0 Å². The summed E-state index contributed by atoms with van der Waals surface area (Å²) in [5, 5.41) is 2.69. The molecule has 0 aliphatic heterocycles. The number of para-hydroxylation sites is 1. The number of anilines is 1. The second-order valence-corrected chi connectivity index (χ2v) is 8.50. The third kappa shape index (κ3) is 6.37. The minimum atomic E-state index is -3.44. The average Bonchev–Trinajstić information content (AvgIpc) is 2.62. The largest absolute Gasteiger partial charge is 0.446 e. The number of benzene rings is 2. The lowest BCUT2D eigenvalue weighted by Gasteiger charge is -2.29. The summed E-state index contributed by atoms with van der Waals surface area (Å²) in [5.41, 5.74) is 1.41. The van der Waals surface area contributed by atoms with Crippen molar-refractivity contribution in [1.29, 1.82) is 0 Å². The van der Waals surface area contributed by atoms with Crippen molar-refractivity contribution in [3.63, 3.8) is 0 Å². The standard InChI is InChI=1S/C20H24N2O4S/c23-20(21-17-10-5-2-6-11-17)26-19-13-7-12-18(14-19)22-27(24,25)15-16-8-3-1-4-9-16/h1-6,8-11,18-19,22H,7,12-15H2,(H,21,23)/t18-,19+/m0/s1. The Morgan fingerprint density at radius 2 is 1.67 bits per heavy atom. The molecule has 1 fully saturated rings. The predicted octanol–water partition coefficient (Wildman–Crippen LogP) is 3.67. The molecule has 0 heterocycles. The van der Waals surface area contributed by atoms with Crippen molar-refractivity contribution in [3.8, 4) is 0 Å². The topological polar surface area (TPSA) is 84.5 Å². The Morgan fingerprint density at radius 3 is 2.37 bits per heavy atom. The van der Waals surface area contributed by atoms with Crippen molar-refractivity contribution < 1.29 is 17.9 Å². The van der Waals surface area contributed by atoms with Gasteiger partial charge in [-0.2, -0.15) is 0 Å². The lowest BCUT2D eigenvalue weighted by atomic mass is 9.94. The first-order chi connectivity index (χ1) is 13.0. The second kappa shape index (κ2) is 9.01. The van der Waals surface area contributed by atoms with Gasteiger partial charge in [0.2, 0.25) is 10.0 Å². The first-order valence-corrected chi connectivity index (χ1v) is 10.7. The van der Waals surface area contributed by atoms with Crippen molar-refractivity contribution >= 4 is 21.8 Å². The van der Waals surface area contributed by atoms with E-state index in [2.05, 4.69) is 10.0 Å². The number of carbonyl (C=O) groups excluding carboxylic acids is 1. The maximum absolute atomic E-state index is 12.4. The van der Waals surface area contributed by atoms with Crippen molar-refractivity contribution in [1.82, 2.24) is 4.72 Å². The number of amides is 1. The molecule has 1 saturated carbocycles. The van der Waals surface area contributed by atoms with E-state index < -0.39 is 16.1 Å². The summed E-state index contributed by atoms with van der Waals surface area (Å²) in [6.45, 7) is 0. The highest BCUT2D eigenvalue weighted by Gasteiger charge is 2.28. The number of ether oxygens (including phenoxy) is 1. The molecule has 144 valence electrons. The summed E-state index contributed by atoms with van der Waals surface area (Å²) in [6, 6.07) is 17.9. The van der Waals surface area contributed by atoms with Crippen LogP contribution in [0.1, 0.15) is 31.2 Å². The lowest BCUT2D eigenvalue weighted by Crippen LogP contribution is -2.41. The monoisotopic (exact) mass is 388 g/mol. The quantitative estimate of drug-likeness (QED) is 0.791. The third-order valence-electron chi connectivity index (χ3n) is 4.47. The zero-order chi connectivity index (χ0) is 19.1. The van der Waals surface area contributed by atoms with Crippen LogP contribution >= 0.6 is 0 Å². The summed E-state index contributed by atoms with van der Waals surface area (Å²) in [7, 11) is -3.44. The molecule has 2 aromatic carbocycles. The van der Waals surface area contributed by atoms with Crippen LogP contribution in [-0.2, 0) is 20.5 Å². The van der Waals surface area contributed by atoms with Crippen LogP contribution in [0.25, 0.3) is 0 Å². The number of sulfonamides is 1. The Bertz CT molecular complexity index is 841. The van der Waals surface area contributed by atoms with E-state index >= 15 is 0 Å². The summed E-state index contributed by atoms with van der Waals surface area (Å²) in [6.07, 6.45) is 1.96. The van der Waals surface area contributed by atoms with Gasteiger partial charge in [-0.25, -0.2) is 17.9 Å². The summed E-state index contributed by atoms with van der Waals surface area (Å²) in [4.78, 5) is 12.0. The van der Waals surface area contributed by atoms with Crippen molar-refractivity contribution in [2.75, 3.05) is 5.32 Å². The Labute approximate surface area is 160 Å². The fourth-order valence-electron chi connectivity index (χ4n) is 3.27. The van der Waals surface area contributed by atoms with Crippen LogP contribution < -0.4 is 10.0 Å². The molecular weight excluding hydrogens is 364 g/mol. The van der Waals surface area contributed by atoms with Crippen LogP contribution in [0.4, 0.5) is 10.5 Å². The summed E-state index contributed by atoms with van der Waals surface area (Å²) >= 11 is 0. The van der Waals surface area contributed by atoms with Crippen molar-refractivity contribution in [2.45, 2.75) is 43.6 Å². The molecule has 2 aromatic rings. The van der Waals surface area contributed by atoms with Gasteiger partial charge in [0, 0.05) is 18.2 Å². The maximum Gasteiger partial charge on any atom is 0.411 e. The van der Waals surface area contributed by atoms with Gasteiger partial charge in [0.15, 0.2) is 0 Å². The smallest absolute Gasteiger partial charge is 0.411 e. The average molecular weight is 388 g/mol. The molecule has 0 aromatic heterocycles. The molecule has 0 radical (unpaired) electrons. The highest BCUT2D eigenvalue weighted by Crippen LogP contribution is 2.23.